The average Bonchev–Trinajstić information content (AvgIpc) is 2.11. The minimum Gasteiger partial charge on any atom is -0.506 e. The fourth-order valence-corrected chi connectivity index (χ4v) is 0.720. The van der Waals surface area contributed by atoms with Gasteiger partial charge in [-0.15, -0.1) is 0 Å². The van der Waals surface area contributed by atoms with Crippen molar-refractivity contribution in [3.05, 3.63) is 23.8 Å². The lowest BCUT2D eigenvalue weighted by atomic mass is 10.2. The van der Waals surface area contributed by atoms with E-state index in [9.17, 15) is 13.2 Å². The Kier molecular flexibility index (Phi) is 4.27. The van der Waals surface area contributed by atoms with Crippen LogP contribution in [0.25, 0.3) is 0 Å². The standard InChI is InChI=1S/C7H6F3NO.C2H6/c8-7(9,10)4-1-2-5(11)6(12)3-4;1-2/h1-3,12H,11H2;1-2H3. The smallest absolute Gasteiger partial charge is 0.416 e. The van der Waals surface area contributed by atoms with E-state index < -0.39 is 17.5 Å². The molecule has 0 aromatic heterocycles. The highest BCUT2D eigenvalue weighted by atomic mass is 19.4. The Balaban J connectivity index is 0.000000791. The molecule has 0 aliphatic carbocycles. The zero-order valence-corrected chi connectivity index (χ0v) is 7.89. The molecular formula is C9H12F3NO. The van der Waals surface area contributed by atoms with Gasteiger partial charge in [0.2, 0.25) is 0 Å². The van der Waals surface area contributed by atoms with Gasteiger partial charge in [-0.05, 0) is 18.2 Å². The number of hydrogen-bond donors (Lipinski definition) is 2. The fraction of sp³-hybridized carbons (Fsp3) is 0.333. The van der Waals surface area contributed by atoms with Gasteiger partial charge in [0, 0.05) is 0 Å². The van der Waals surface area contributed by atoms with Crippen molar-refractivity contribution >= 4 is 5.69 Å². The predicted molar refractivity (Wildman–Crippen MR) is 48.9 cm³/mol. The van der Waals surface area contributed by atoms with E-state index in [1.54, 1.807) is 0 Å². The molecule has 0 atom stereocenters. The van der Waals surface area contributed by atoms with Crippen LogP contribution in [0.3, 0.4) is 0 Å². The second-order valence-corrected chi connectivity index (χ2v) is 2.27. The fourth-order valence-electron chi connectivity index (χ4n) is 0.720. The Morgan fingerprint density at radius 1 is 1.21 bits per heavy atom. The van der Waals surface area contributed by atoms with Crippen molar-refractivity contribution < 1.29 is 18.3 Å². The second-order valence-electron chi connectivity index (χ2n) is 2.27. The summed E-state index contributed by atoms with van der Waals surface area (Å²) in [6.45, 7) is 4.00. The number of nitrogens with two attached hydrogens (primary N) is 1. The number of alkyl halides is 3. The van der Waals surface area contributed by atoms with E-state index in [2.05, 4.69) is 0 Å². The van der Waals surface area contributed by atoms with Gasteiger partial charge < -0.3 is 10.8 Å². The molecule has 1 aromatic carbocycles. The maximum absolute atomic E-state index is 11.9. The Morgan fingerprint density at radius 3 is 2.07 bits per heavy atom. The van der Waals surface area contributed by atoms with E-state index in [1.807, 2.05) is 13.8 Å². The van der Waals surface area contributed by atoms with Gasteiger partial charge >= 0.3 is 6.18 Å². The first kappa shape index (κ1) is 12.6. The zero-order chi connectivity index (χ0) is 11.4. The molecule has 5 heteroatoms. The summed E-state index contributed by atoms with van der Waals surface area (Å²) >= 11 is 0. The maximum Gasteiger partial charge on any atom is 0.416 e. The topological polar surface area (TPSA) is 46.2 Å². The quantitative estimate of drug-likeness (QED) is 0.507. The summed E-state index contributed by atoms with van der Waals surface area (Å²) in [5.41, 5.74) is 4.14. The van der Waals surface area contributed by atoms with Crippen LogP contribution in [0.4, 0.5) is 18.9 Å². The molecule has 0 spiro atoms. The van der Waals surface area contributed by atoms with Crippen LogP contribution in [-0.2, 0) is 6.18 Å². The third kappa shape index (κ3) is 3.16. The summed E-state index contributed by atoms with van der Waals surface area (Å²) < 4.78 is 35.8. The van der Waals surface area contributed by atoms with Gasteiger partial charge in [-0.2, -0.15) is 13.2 Å². The first-order valence-corrected chi connectivity index (χ1v) is 4.07. The molecular weight excluding hydrogens is 195 g/mol. The van der Waals surface area contributed by atoms with Gasteiger partial charge in [-0.3, -0.25) is 0 Å². The van der Waals surface area contributed by atoms with Crippen LogP contribution >= 0.6 is 0 Å². The van der Waals surface area contributed by atoms with E-state index in [0.717, 1.165) is 12.1 Å². The first-order chi connectivity index (χ1) is 6.41. The van der Waals surface area contributed by atoms with E-state index in [4.69, 9.17) is 10.8 Å². The number of phenolic OH excluding ortho intramolecular Hbond substituents is 1. The number of benzene rings is 1. The second kappa shape index (κ2) is 4.74. The normalized spacial score (nSPS) is 10.4. The zero-order valence-electron chi connectivity index (χ0n) is 7.89. The lowest BCUT2D eigenvalue weighted by Gasteiger charge is -2.07. The molecule has 0 unspecified atom stereocenters. The van der Waals surface area contributed by atoms with Crippen molar-refractivity contribution in [2.45, 2.75) is 20.0 Å². The summed E-state index contributed by atoms with van der Waals surface area (Å²) in [6, 6.07) is 2.42. The molecule has 0 heterocycles. The van der Waals surface area contributed by atoms with Crippen LogP contribution in [0.15, 0.2) is 18.2 Å². The number of halogens is 3. The molecule has 0 fully saturated rings. The third-order valence-corrected chi connectivity index (χ3v) is 1.36. The van der Waals surface area contributed by atoms with Gasteiger partial charge in [0.15, 0.2) is 0 Å². The van der Waals surface area contributed by atoms with Gasteiger partial charge in [0.1, 0.15) is 5.75 Å². The SMILES string of the molecule is CC.Nc1ccc(C(F)(F)F)cc1O. The van der Waals surface area contributed by atoms with Crippen molar-refractivity contribution in [3.63, 3.8) is 0 Å². The van der Waals surface area contributed by atoms with Gasteiger partial charge in [0.25, 0.3) is 0 Å². The van der Waals surface area contributed by atoms with E-state index in [-0.39, 0.29) is 5.69 Å². The molecule has 0 aliphatic rings. The highest BCUT2D eigenvalue weighted by Gasteiger charge is 2.30. The van der Waals surface area contributed by atoms with Crippen LogP contribution in [0.5, 0.6) is 5.75 Å². The summed E-state index contributed by atoms with van der Waals surface area (Å²) in [4.78, 5) is 0. The first-order valence-electron chi connectivity index (χ1n) is 4.07. The highest BCUT2D eigenvalue weighted by molar-refractivity contribution is 5.53. The van der Waals surface area contributed by atoms with E-state index >= 15 is 0 Å². The average molecular weight is 207 g/mol. The monoisotopic (exact) mass is 207 g/mol. The van der Waals surface area contributed by atoms with E-state index in [1.165, 1.54) is 0 Å². The van der Waals surface area contributed by atoms with Crippen molar-refractivity contribution in [1.29, 1.82) is 0 Å². The number of rotatable bonds is 0. The lowest BCUT2D eigenvalue weighted by Crippen LogP contribution is -2.04. The summed E-state index contributed by atoms with van der Waals surface area (Å²) in [6.07, 6.45) is -4.44. The summed E-state index contributed by atoms with van der Waals surface area (Å²) in [7, 11) is 0. The van der Waals surface area contributed by atoms with E-state index in [0.29, 0.717) is 6.07 Å². The molecule has 0 saturated carbocycles. The largest absolute Gasteiger partial charge is 0.506 e. The molecule has 2 nitrogen and oxygen atoms in total. The molecule has 3 N–H and O–H groups in total. The van der Waals surface area contributed by atoms with Crippen molar-refractivity contribution in [2.75, 3.05) is 5.73 Å². The van der Waals surface area contributed by atoms with Crippen molar-refractivity contribution in [3.8, 4) is 5.75 Å². The molecule has 1 aromatic rings. The summed E-state index contributed by atoms with van der Waals surface area (Å²) in [5.74, 6) is -0.551. The number of anilines is 1. The van der Waals surface area contributed by atoms with Crippen LogP contribution in [0.2, 0.25) is 0 Å². The third-order valence-electron chi connectivity index (χ3n) is 1.36. The van der Waals surface area contributed by atoms with Gasteiger partial charge in [-0.1, -0.05) is 13.8 Å². The summed E-state index contributed by atoms with van der Waals surface area (Å²) in [5, 5.41) is 8.84. The van der Waals surface area contributed by atoms with Crippen LogP contribution in [-0.4, -0.2) is 5.11 Å². The van der Waals surface area contributed by atoms with Crippen LogP contribution in [0.1, 0.15) is 19.4 Å². The number of hydrogen-bond acceptors (Lipinski definition) is 2. The van der Waals surface area contributed by atoms with Crippen molar-refractivity contribution in [2.24, 2.45) is 0 Å². The molecule has 0 radical (unpaired) electrons. The van der Waals surface area contributed by atoms with Gasteiger partial charge in [0.05, 0.1) is 11.3 Å². The Labute approximate surface area is 80.2 Å². The maximum atomic E-state index is 11.9. The number of phenols is 1. The Bertz CT molecular complexity index is 297. The van der Waals surface area contributed by atoms with Crippen LogP contribution < -0.4 is 5.73 Å². The number of aromatic hydroxyl groups is 1. The molecule has 0 bridgehead atoms. The van der Waals surface area contributed by atoms with Gasteiger partial charge in [-0.25, -0.2) is 0 Å². The highest BCUT2D eigenvalue weighted by Crippen LogP contribution is 2.33. The molecule has 1 rings (SSSR count). The minimum atomic E-state index is -4.44. The lowest BCUT2D eigenvalue weighted by molar-refractivity contribution is -0.137. The predicted octanol–water partition coefficient (Wildman–Crippen LogP) is 3.02. The van der Waals surface area contributed by atoms with Crippen LogP contribution in [0, 0.1) is 0 Å². The Hall–Kier alpha value is -1.39. The molecule has 0 aliphatic heterocycles. The molecule has 14 heavy (non-hydrogen) atoms. The van der Waals surface area contributed by atoms with Crippen molar-refractivity contribution in [1.82, 2.24) is 0 Å². The molecule has 0 amide bonds. The number of nitrogen functional groups attached to an aromatic ring is 1. The Morgan fingerprint density at radius 2 is 1.71 bits per heavy atom. The molecule has 0 saturated heterocycles. The minimum absolute atomic E-state index is 0.0667. The molecule has 80 valence electrons.